The second-order valence-electron chi connectivity index (χ2n) is 8.15. The van der Waals surface area contributed by atoms with E-state index in [0.717, 1.165) is 57.1 Å². The standard InChI is InChI=1S/C21H27N5.C4H4O4/c22-15-18(20-9-8-17-5-1-2-6-19(17)24-20)16-25-11-13-26(14-12-25)21-7-3-4-10-23-21;5-3(6)1-2-4(7)8/h1-7,10,18H,8-9,11-16,22H2;1-2H,(H,5,6)(H,7,8)/b;2-1+. The number of fused-ring (bicyclic) bond motifs is 1. The van der Waals surface area contributed by atoms with Crippen LogP contribution in [-0.4, -0.2) is 77.0 Å². The average molecular weight is 466 g/mol. The summed E-state index contributed by atoms with van der Waals surface area (Å²) in [6.07, 6.45) is 5.10. The van der Waals surface area contributed by atoms with Crippen molar-refractivity contribution in [3.63, 3.8) is 0 Å². The number of piperazine rings is 1. The zero-order valence-corrected chi connectivity index (χ0v) is 19.1. The van der Waals surface area contributed by atoms with Crippen LogP contribution in [0.25, 0.3) is 0 Å². The molecule has 4 N–H and O–H groups in total. The molecule has 180 valence electrons. The first-order valence-corrected chi connectivity index (χ1v) is 11.3. The molecule has 3 heterocycles. The first-order valence-electron chi connectivity index (χ1n) is 11.3. The van der Waals surface area contributed by atoms with Crippen LogP contribution in [-0.2, 0) is 16.0 Å². The minimum Gasteiger partial charge on any atom is -0.478 e. The number of anilines is 1. The van der Waals surface area contributed by atoms with Crippen LogP contribution in [0.5, 0.6) is 0 Å². The summed E-state index contributed by atoms with van der Waals surface area (Å²) >= 11 is 0. The second-order valence-corrected chi connectivity index (χ2v) is 8.15. The van der Waals surface area contributed by atoms with Crippen molar-refractivity contribution in [3.05, 3.63) is 66.4 Å². The lowest BCUT2D eigenvalue weighted by Crippen LogP contribution is -2.49. The van der Waals surface area contributed by atoms with Crippen LogP contribution in [0.2, 0.25) is 0 Å². The normalized spacial score (nSPS) is 16.7. The van der Waals surface area contributed by atoms with Crippen LogP contribution in [0, 0.1) is 5.92 Å². The molecule has 34 heavy (non-hydrogen) atoms. The molecule has 0 amide bonds. The highest BCUT2D eigenvalue weighted by Crippen LogP contribution is 2.27. The molecule has 1 fully saturated rings. The zero-order valence-electron chi connectivity index (χ0n) is 19.1. The molecule has 2 aromatic rings. The lowest BCUT2D eigenvalue weighted by Gasteiger charge is -2.37. The molecule has 2 aliphatic rings. The monoisotopic (exact) mass is 465 g/mol. The van der Waals surface area contributed by atoms with Crippen molar-refractivity contribution in [1.29, 1.82) is 0 Å². The summed E-state index contributed by atoms with van der Waals surface area (Å²) in [5, 5.41) is 15.6. The number of carboxylic acids is 2. The summed E-state index contributed by atoms with van der Waals surface area (Å²) < 4.78 is 0. The topological polar surface area (TPSA) is 132 Å². The number of rotatable bonds is 7. The van der Waals surface area contributed by atoms with E-state index in [1.165, 1.54) is 11.3 Å². The van der Waals surface area contributed by atoms with Crippen molar-refractivity contribution in [2.75, 3.05) is 44.2 Å². The van der Waals surface area contributed by atoms with Crippen molar-refractivity contribution in [2.24, 2.45) is 16.6 Å². The van der Waals surface area contributed by atoms with Gasteiger partial charge in [0.2, 0.25) is 0 Å². The maximum atomic E-state index is 9.55. The van der Waals surface area contributed by atoms with Crippen LogP contribution in [0.1, 0.15) is 12.0 Å². The number of aromatic nitrogens is 1. The first kappa shape index (κ1) is 25.1. The number of pyridine rings is 1. The molecule has 1 unspecified atom stereocenters. The van der Waals surface area contributed by atoms with Crippen LogP contribution in [0.15, 0.2) is 65.8 Å². The highest BCUT2D eigenvalue weighted by Gasteiger charge is 2.24. The highest BCUT2D eigenvalue weighted by atomic mass is 16.4. The largest absolute Gasteiger partial charge is 0.478 e. The number of nitrogens with zero attached hydrogens (tertiary/aromatic N) is 4. The number of hydrogen-bond acceptors (Lipinski definition) is 7. The fraction of sp³-hybridized carbons (Fsp3) is 0.360. The van der Waals surface area contributed by atoms with Gasteiger partial charge in [-0.1, -0.05) is 24.3 Å². The highest BCUT2D eigenvalue weighted by molar-refractivity contribution is 5.91. The molecule has 9 heteroatoms. The fourth-order valence-corrected chi connectivity index (χ4v) is 4.07. The SMILES string of the molecule is NCC(CN1CCN(c2ccccn2)CC1)C1=Nc2ccccc2CC1.O=C(O)/C=C/C(=O)O. The maximum absolute atomic E-state index is 9.55. The van der Waals surface area contributed by atoms with E-state index in [0.29, 0.717) is 24.6 Å². The summed E-state index contributed by atoms with van der Waals surface area (Å²) in [5.41, 5.74) is 9.90. The third-order valence-corrected chi connectivity index (χ3v) is 5.85. The van der Waals surface area contributed by atoms with Gasteiger partial charge in [-0.05, 0) is 36.6 Å². The first-order chi connectivity index (χ1) is 16.5. The van der Waals surface area contributed by atoms with E-state index >= 15 is 0 Å². The zero-order chi connectivity index (χ0) is 24.3. The van der Waals surface area contributed by atoms with Gasteiger partial charge in [0, 0.05) is 69.2 Å². The average Bonchev–Trinajstić information content (AvgIpc) is 2.87. The molecular weight excluding hydrogens is 434 g/mol. The van der Waals surface area contributed by atoms with E-state index in [1.807, 2.05) is 12.3 Å². The number of aryl methyl sites for hydroxylation is 1. The molecular formula is C25H31N5O4. The Labute approximate surface area is 199 Å². The van der Waals surface area contributed by atoms with E-state index in [9.17, 15) is 9.59 Å². The predicted molar refractivity (Wildman–Crippen MR) is 132 cm³/mol. The van der Waals surface area contributed by atoms with Gasteiger partial charge in [0.25, 0.3) is 0 Å². The van der Waals surface area contributed by atoms with Crippen molar-refractivity contribution in [2.45, 2.75) is 12.8 Å². The third kappa shape index (κ3) is 7.50. The van der Waals surface area contributed by atoms with Gasteiger partial charge in [0.15, 0.2) is 0 Å². The van der Waals surface area contributed by atoms with E-state index in [-0.39, 0.29) is 0 Å². The van der Waals surface area contributed by atoms with Crippen LogP contribution >= 0.6 is 0 Å². The molecule has 4 rings (SSSR count). The molecule has 0 aliphatic carbocycles. The maximum Gasteiger partial charge on any atom is 0.328 e. The van der Waals surface area contributed by atoms with Crippen LogP contribution in [0.4, 0.5) is 11.5 Å². The van der Waals surface area contributed by atoms with E-state index < -0.39 is 11.9 Å². The fourth-order valence-electron chi connectivity index (χ4n) is 4.07. The van der Waals surface area contributed by atoms with E-state index in [4.69, 9.17) is 20.9 Å². The number of hydrogen-bond donors (Lipinski definition) is 3. The van der Waals surface area contributed by atoms with E-state index in [2.05, 4.69) is 51.2 Å². The molecule has 0 spiro atoms. The number of benzene rings is 1. The summed E-state index contributed by atoms with van der Waals surface area (Å²) in [7, 11) is 0. The van der Waals surface area contributed by atoms with E-state index in [1.54, 1.807) is 0 Å². The Bertz CT molecular complexity index is 1000. The molecule has 1 aromatic heterocycles. The smallest absolute Gasteiger partial charge is 0.328 e. The number of nitrogens with two attached hydrogens (primary N) is 1. The second kappa shape index (κ2) is 12.6. The summed E-state index contributed by atoms with van der Waals surface area (Å²) in [6.45, 7) is 5.82. The molecule has 9 nitrogen and oxygen atoms in total. The van der Waals surface area contributed by atoms with Crippen molar-refractivity contribution in [3.8, 4) is 0 Å². The summed E-state index contributed by atoms with van der Waals surface area (Å²) in [6, 6.07) is 14.6. The van der Waals surface area contributed by atoms with Crippen molar-refractivity contribution in [1.82, 2.24) is 9.88 Å². The number of carbonyl (C=O) groups is 2. The number of aliphatic imine (C=N–C) groups is 1. The Balaban J connectivity index is 0.000000350. The molecule has 0 saturated carbocycles. The lowest BCUT2D eigenvalue weighted by atomic mass is 9.93. The Morgan fingerprint density at radius 2 is 1.65 bits per heavy atom. The molecule has 0 bridgehead atoms. The summed E-state index contributed by atoms with van der Waals surface area (Å²) in [5.74, 6) is -1.08. The van der Waals surface area contributed by atoms with Gasteiger partial charge in [-0.2, -0.15) is 0 Å². The van der Waals surface area contributed by atoms with Crippen LogP contribution < -0.4 is 10.6 Å². The molecule has 0 radical (unpaired) electrons. The van der Waals surface area contributed by atoms with Gasteiger partial charge in [0.05, 0.1) is 5.69 Å². The molecule has 1 atom stereocenters. The molecule has 1 saturated heterocycles. The van der Waals surface area contributed by atoms with Gasteiger partial charge in [0.1, 0.15) is 5.82 Å². The minimum absolute atomic E-state index is 0.352. The molecule has 2 aliphatic heterocycles. The van der Waals surface area contributed by atoms with Gasteiger partial charge >= 0.3 is 11.9 Å². The Kier molecular flexibility index (Phi) is 9.30. The minimum atomic E-state index is -1.26. The van der Waals surface area contributed by atoms with Crippen molar-refractivity contribution >= 4 is 29.2 Å². The predicted octanol–water partition coefficient (Wildman–Crippen LogP) is 2.21. The number of carboxylic acid groups (broad SMARTS) is 2. The lowest BCUT2D eigenvalue weighted by molar-refractivity contribution is -0.134. The molecule has 1 aromatic carbocycles. The van der Waals surface area contributed by atoms with Gasteiger partial charge in [-0.3, -0.25) is 9.89 Å². The number of aliphatic carboxylic acids is 2. The van der Waals surface area contributed by atoms with Gasteiger partial charge in [-0.15, -0.1) is 0 Å². The Hall–Kier alpha value is -3.56. The summed E-state index contributed by atoms with van der Waals surface area (Å²) in [4.78, 5) is 33.4. The van der Waals surface area contributed by atoms with Crippen molar-refractivity contribution < 1.29 is 19.8 Å². The van der Waals surface area contributed by atoms with Gasteiger partial charge < -0.3 is 20.8 Å². The Morgan fingerprint density at radius 1 is 0.971 bits per heavy atom. The Morgan fingerprint density at radius 3 is 2.26 bits per heavy atom. The van der Waals surface area contributed by atoms with Gasteiger partial charge in [-0.25, -0.2) is 14.6 Å². The number of para-hydroxylation sites is 1. The quantitative estimate of drug-likeness (QED) is 0.530. The van der Waals surface area contributed by atoms with Crippen LogP contribution in [0.3, 0.4) is 0 Å². The third-order valence-electron chi connectivity index (χ3n) is 5.85.